The second-order valence-corrected chi connectivity index (χ2v) is 6.37. The monoisotopic (exact) mass is 379 g/mol. The van der Waals surface area contributed by atoms with Crippen LogP contribution in [0.25, 0.3) is 11.0 Å². The zero-order chi connectivity index (χ0) is 18.3. The standard InChI is InChI=1S/C17H16ClF2N5O/c1-26-7-6-25-16-11(3-2-9(19)14(16)20)22-17(25)23-12-8-21-10-4-5-13(18)24-15(10)12/h2-5,8,11,16,21H,6-7H2,1H3,(H,22,23). The number of halogens is 3. The van der Waals surface area contributed by atoms with Crippen LogP contribution in [0.2, 0.25) is 5.15 Å². The first-order chi connectivity index (χ1) is 12.6. The molecule has 0 radical (unpaired) electrons. The molecule has 1 aliphatic heterocycles. The van der Waals surface area contributed by atoms with Crippen molar-refractivity contribution in [3.8, 4) is 0 Å². The van der Waals surface area contributed by atoms with E-state index in [1.807, 2.05) is 6.07 Å². The van der Waals surface area contributed by atoms with Crippen molar-refractivity contribution in [2.24, 2.45) is 4.99 Å². The summed E-state index contributed by atoms with van der Waals surface area (Å²) in [4.78, 5) is 13.6. The lowest BCUT2D eigenvalue weighted by Crippen LogP contribution is -2.45. The number of fused-ring (bicyclic) bond motifs is 2. The van der Waals surface area contributed by atoms with Gasteiger partial charge >= 0.3 is 0 Å². The zero-order valence-electron chi connectivity index (χ0n) is 13.8. The van der Waals surface area contributed by atoms with Crippen LogP contribution in [0.3, 0.4) is 0 Å². The van der Waals surface area contributed by atoms with Crippen LogP contribution in [0.15, 0.2) is 47.1 Å². The maximum Gasteiger partial charge on any atom is 0.200 e. The number of pyridine rings is 1. The highest BCUT2D eigenvalue weighted by molar-refractivity contribution is 6.29. The molecule has 6 nitrogen and oxygen atoms in total. The van der Waals surface area contributed by atoms with Crippen LogP contribution in [0.1, 0.15) is 0 Å². The Morgan fingerprint density at radius 1 is 1.38 bits per heavy atom. The number of rotatable bonds is 4. The van der Waals surface area contributed by atoms with Crippen molar-refractivity contribution in [3.63, 3.8) is 0 Å². The van der Waals surface area contributed by atoms with Crippen molar-refractivity contribution in [1.82, 2.24) is 14.9 Å². The van der Waals surface area contributed by atoms with Gasteiger partial charge < -0.3 is 19.9 Å². The summed E-state index contributed by atoms with van der Waals surface area (Å²) in [5.41, 5.74) is 2.09. The second-order valence-electron chi connectivity index (χ2n) is 5.99. The Balaban J connectivity index is 1.67. The summed E-state index contributed by atoms with van der Waals surface area (Å²) in [6, 6.07) is 2.18. The van der Waals surface area contributed by atoms with Crippen LogP contribution in [-0.2, 0) is 4.74 Å². The Bertz CT molecular complexity index is 938. The Labute approximate surface area is 153 Å². The molecule has 2 N–H and O–H groups in total. The maximum absolute atomic E-state index is 14.4. The van der Waals surface area contributed by atoms with Gasteiger partial charge in [-0.25, -0.2) is 18.8 Å². The van der Waals surface area contributed by atoms with Crippen molar-refractivity contribution >= 4 is 34.3 Å². The molecule has 1 aliphatic carbocycles. The van der Waals surface area contributed by atoms with Gasteiger partial charge in [-0.05, 0) is 18.2 Å². The fraction of sp³-hybridized carbons (Fsp3) is 0.294. The predicted molar refractivity (Wildman–Crippen MR) is 96.7 cm³/mol. The predicted octanol–water partition coefficient (Wildman–Crippen LogP) is 3.40. The van der Waals surface area contributed by atoms with Crippen molar-refractivity contribution in [2.75, 3.05) is 25.6 Å². The molecule has 2 aromatic rings. The molecule has 136 valence electrons. The molecule has 4 rings (SSSR count). The number of nitrogens with zero attached hydrogens (tertiary/aromatic N) is 3. The van der Waals surface area contributed by atoms with Gasteiger partial charge in [-0.1, -0.05) is 17.7 Å². The minimum Gasteiger partial charge on any atom is -0.383 e. The van der Waals surface area contributed by atoms with Gasteiger partial charge in [-0.15, -0.1) is 0 Å². The van der Waals surface area contributed by atoms with Crippen LogP contribution >= 0.6 is 11.6 Å². The van der Waals surface area contributed by atoms with Gasteiger partial charge in [-0.2, -0.15) is 0 Å². The largest absolute Gasteiger partial charge is 0.383 e. The SMILES string of the molecule is COCCN1C(Nc2c[nH]c3ccc(Cl)nc23)=NC2C=CC(F)=C(F)C21. The van der Waals surface area contributed by atoms with E-state index in [1.54, 1.807) is 30.3 Å². The number of allylic oxidation sites excluding steroid dienone is 2. The maximum atomic E-state index is 14.4. The lowest BCUT2D eigenvalue weighted by Gasteiger charge is -2.29. The van der Waals surface area contributed by atoms with Gasteiger partial charge in [0.1, 0.15) is 16.7 Å². The molecule has 0 spiro atoms. The highest BCUT2D eigenvalue weighted by atomic mass is 35.5. The van der Waals surface area contributed by atoms with E-state index in [2.05, 4.69) is 20.3 Å². The molecule has 0 fully saturated rings. The average Bonchev–Trinajstić information content (AvgIpc) is 3.18. The van der Waals surface area contributed by atoms with Crippen LogP contribution < -0.4 is 5.32 Å². The van der Waals surface area contributed by atoms with E-state index >= 15 is 0 Å². The molecular formula is C17H16ClF2N5O. The quantitative estimate of drug-likeness (QED) is 0.799. The number of ether oxygens (including phenoxy) is 1. The number of anilines is 1. The molecule has 0 saturated heterocycles. The molecule has 0 bridgehead atoms. The van der Waals surface area contributed by atoms with Crippen LogP contribution in [0, 0.1) is 0 Å². The second kappa shape index (κ2) is 6.69. The number of guanidine groups is 1. The van der Waals surface area contributed by atoms with E-state index in [0.717, 1.165) is 11.6 Å². The lowest BCUT2D eigenvalue weighted by atomic mass is 10.0. The average molecular weight is 380 g/mol. The van der Waals surface area contributed by atoms with Crippen molar-refractivity contribution < 1.29 is 13.5 Å². The Morgan fingerprint density at radius 3 is 3.04 bits per heavy atom. The fourth-order valence-electron chi connectivity index (χ4n) is 3.17. The molecule has 26 heavy (non-hydrogen) atoms. The van der Waals surface area contributed by atoms with Gasteiger partial charge in [0.2, 0.25) is 0 Å². The number of aliphatic imine (C=N–C) groups is 1. The number of hydrogen-bond acceptors (Lipinski definition) is 5. The van der Waals surface area contributed by atoms with Crippen molar-refractivity contribution in [3.05, 3.63) is 47.3 Å². The fourth-order valence-corrected chi connectivity index (χ4v) is 3.32. The highest BCUT2D eigenvalue weighted by Crippen LogP contribution is 2.33. The number of aromatic nitrogens is 2. The third kappa shape index (κ3) is 2.85. The number of aromatic amines is 1. The van der Waals surface area contributed by atoms with E-state index in [0.29, 0.717) is 35.5 Å². The summed E-state index contributed by atoms with van der Waals surface area (Å²) < 4.78 is 33.2. The smallest absolute Gasteiger partial charge is 0.200 e. The first-order valence-corrected chi connectivity index (χ1v) is 8.43. The van der Waals surface area contributed by atoms with Gasteiger partial charge in [0.25, 0.3) is 0 Å². The molecule has 2 aliphatic rings. The topological polar surface area (TPSA) is 65.5 Å². The minimum absolute atomic E-state index is 0.348. The van der Waals surface area contributed by atoms with Gasteiger partial charge in [-0.3, -0.25) is 0 Å². The molecule has 0 amide bonds. The zero-order valence-corrected chi connectivity index (χ0v) is 14.6. The number of hydrogen-bond donors (Lipinski definition) is 2. The lowest BCUT2D eigenvalue weighted by molar-refractivity contribution is 0.164. The molecule has 0 aromatic carbocycles. The summed E-state index contributed by atoms with van der Waals surface area (Å²) in [7, 11) is 1.55. The van der Waals surface area contributed by atoms with E-state index in [-0.39, 0.29) is 0 Å². The van der Waals surface area contributed by atoms with Crippen molar-refractivity contribution in [1.29, 1.82) is 0 Å². The Kier molecular flexibility index (Phi) is 4.37. The number of H-pyrrole nitrogens is 1. The molecule has 9 heteroatoms. The van der Waals surface area contributed by atoms with Gasteiger partial charge in [0, 0.05) is 19.9 Å². The summed E-state index contributed by atoms with van der Waals surface area (Å²) in [6.45, 7) is 0.703. The van der Waals surface area contributed by atoms with E-state index < -0.39 is 23.7 Å². The van der Waals surface area contributed by atoms with Crippen LogP contribution in [0.4, 0.5) is 14.5 Å². The Hall–Kier alpha value is -2.45. The minimum atomic E-state index is -0.870. The first kappa shape index (κ1) is 17.0. The summed E-state index contributed by atoms with van der Waals surface area (Å²) in [5, 5.41) is 3.52. The van der Waals surface area contributed by atoms with Gasteiger partial charge in [0.15, 0.2) is 17.6 Å². The Morgan fingerprint density at radius 2 is 2.23 bits per heavy atom. The molecular weight excluding hydrogens is 364 g/mol. The van der Waals surface area contributed by atoms with E-state index in [1.165, 1.54) is 0 Å². The third-order valence-corrected chi connectivity index (χ3v) is 4.61. The van der Waals surface area contributed by atoms with Gasteiger partial charge in [0.05, 0.1) is 23.9 Å². The number of methoxy groups -OCH3 is 1. The van der Waals surface area contributed by atoms with E-state index in [9.17, 15) is 8.78 Å². The molecule has 3 heterocycles. The van der Waals surface area contributed by atoms with E-state index in [4.69, 9.17) is 16.3 Å². The number of nitrogens with one attached hydrogen (secondary N) is 2. The highest BCUT2D eigenvalue weighted by Gasteiger charge is 2.41. The summed E-state index contributed by atoms with van der Waals surface area (Å²) in [5.74, 6) is -1.27. The summed E-state index contributed by atoms with van der Waals surface area (Å²) >= 11 is 5.98. The van der Waals surface area contributed by atoms with Crippen LogP contribution in [-0.4, -0.2) is 53.2 Å². The summed E-state index contributed by atoms with van der Waals surface area (Å²) in [6.07, 6.45) is 4.40. The molecule has 2 unspecified atom stereocenters. The third-order valence-electron chi connectivity index (χ3n) is 4.40. The first-order valence-electron chi connectivity index (χ1n) is 8.06. The normalized spacial score (nSPS) is 22.2. The molecule has 0 saturated carbocycles. The molecule has 2 atom stereocenters. The molecule has 2 aromatic heterocycles. The van der Waals surface area contributed by atoms with Crippen molar-refractivity contribution in [2.45, 2.75) is 12.1 Å². The van der Waals surface area contributed by atoms with Crippen LogP contribution in [0.5, 0.6) is 0 Å².